The Morgan fingerprint density at radius 3 is 2.35 bits per heavy atom. The summed E-state index contributed by atoms with van der Waals surface area (Å²) in [5, 5.41) is 0. The van der Waals surface area contributed by atoms with Gasteiger partial charge in [-0.15, -0.1) is 0 Å². The molecule has 0 N–H and O–H groups in total. The van der Waals surface area contributed by atoms with Gasteiger partial charge in [-0.2, -0.15) is 0 Å². The molecule has 0 aromatic heterocycles. The van der Waals surface area contributed by atoms with Crippen LogP contribution in [0.5, 0.6) is 0 Å². The van der Waals surface area contributed by atoms with Gasteiger partial charge in [0, 0.05) is 0 Å². The van der Waals surface area contributed by atoms with E-state index in [-0.39, 0.29) is 24.3 Å². The molecule has 122 valence electrons. The molecule has 0 spiro atoms. The molecule has 2 aliphatic rings. The summed E-state index contributed by atoms with van der Waals surface area (Å²) in [5.41, 5.74) is 0.898. The van der Waals surface area contributed by atoms with Gasteiger partial charge in [-0.3, -0.25) is 14.5 Å². The SMILES string of the molecule is COC(=O)c1ccc(N2C(=O)CC(N3CCCCC3)C2=O)cc1. The maximum atomic E-state index is 12.7. The Balaban J connectivity index is 1.78. The molecule has 2 fully saturated rings. The Morgan fingerprint density at radius 1 is 1.09 bits per heavy atom. The molecule has 1 atom stereocenters. The fourth-order valence-electron chi connectivity index (χ4n) is 3.27. The van der Waals surface area contributed by atoms with Gasteiger partial charge in [0.15, 0.2) is 0 Å². The van der Waals surface area contributed by atoms with E-state index in [0.717, 1.165) is 25.9 Å². The molecule has 0 radical (unpaired) electrons. The third-order valence-corrected chi connectivity index (χ3v) is 4.50. The molecular weight excluding hydrogens is 296 g/mol. The zero-order chi connectivity index (χ0) is 16.4. The van der Waals surface area contributed by atoms with Crippen LogP contribution < -0.4 is 4.90 Å². The minimum absolute atomic E-state index is 0.164. The van der Waals surface area contributed by atoms with E-state index in [1.165, 1.54) is 18.4 Å². The summed E-state index contributed by atoms with van der Waals surface area (Å²) in [5.74, 6) is -0.791. The van der Waals surface area contributed by atoms with E-state index in [1.54, 1.807) is 24.3 Å². The largest absolute Gasteiger partial charge is 0.465 e. The van der Waals surface area contributed by atoms with Gasteiger partial charge < -0.3 is 4.74 Å². The molecule has 1 aromatic carbocycles. The number of methoxy groups -OCH3 is 1. The number of carbonyl (C=O) groups is 3. The van der Waals surface area contributed by atoms with E-state index in [1.807, 2.05) is 0 Å². The van der Waals surface area contributed by atoms with Crippen LogP contribution in [0, 0.1) is 0 Å². The number of imide groups is 1. The van der Waals surface area contributed by atoms with Crippen LogP contribution >= 0.6 is 0 Å². The molecule has 2 saturated heterocycles. The second-order valence-corrected chi connectivity index (χ2v) is 5.92. The van der Waals surface area contributed by atoms with E-state index in [4.69, 9.17) is 0 Å². The van der Waals surface area contributed by atoms with Crippen LogP contribution in [0.4, 0.5) is 5.69 Å². The zero-order valence-corrected chi connectivity index (χ0v) is 13.2. The molecule has 0 aliphatic carbocycles. The number of likely N-dealkylation sites (tertiary alicyclic amines) is 1. The van der Waals surface area contributed by atoms with Crippen molar-refractivity contribution in [3.63, 3.8) is 0 Å². The Morgan fingerprint density at radius 2 is 1.74 bits per heavy atom. The fraction of sp³-hybridized carbons (Fsp3) is 0.471. The minimum Gasteiger partial charge on any atom is -0.465 e. The van der Waals surface area contributed by atoms with Crippen molar-refractivity contribution in [1.29, 1.82) is 0 Å². The highest BCUT2D eigenvalue weighted by Gasteiger charge is 2.42. The summed E-state index contributed by atoms with van der Waals surface area (Å²) in [4.78, 5) is 39.8. The van der Waals surface area contributed by atoms with Gasteiger partial charge in [0.25, 0.3) is 5.91 Å². The van der Waals surface area contributed by atoms with Crippen molar-refractivity contribution >= 4 is 23.5 Å². The molecule has 0 saturated carbocycles. The lowest BCUT2D eigenvalue weighted by Gasteiger charge is -2.30. The summed E-state index contributed by atoms with van der Waals surface area (Å²) in [6.07, 6.45) is 3.57. The maximum Gasteiger partial charge on any atom is 0.337 e. The monoisotopic (exact) mass is 316 g/mol. The van der Waals surface area contributed by atoms with Gasteiger partial charge >= 0.3 is 5.97 Å². The van der Waals surface area contributed by atoms with E-state index in [9.17, 15) is 14.4 Å². The van der Waals surface area contributed by atoms with Crippen LogP contribution in [-0.2, 0) is 14.3 Å². The predicted molar refractivity (Wildman–Crippen MR) is 84.1 cm³/mol. The summed E-state index contributed by atoms with van der Waals surface area (Å²) < 4.78 is 4.65. The van der Waals surface area contributed by atoms with Crippen LogP contribution in [0.25, 0.3) is 0 Å². The topological polar surface area (TPSA) is 66.9 Å². The Kier molecular flexibility index (Phi) is 4.43. The minimum atomic E-state index is -0.443. The smallest absolute Gasteiger partial charge is 0.337 e. The molecular formula is C17H20N2O4. The lowest BCUT2D eigenvalue weighted by Crippen LogP contribution is -2.44. The number of anilines is 1. The standard InChI is InChI=1S/C17H20N2O4/c1-23-17(22)12-5-7-13(8-6-12)19-15(20)11-14(16(19)21)18-9-3-2-4-10-18/h5-8,14H,2-4,9-11H2,1H3. The van der Waals surface area contributed by atoms with Crippen LogP contribution in [0.3, 0.4) is 0 Å². The van der Waals surface area contributed by atoms with Gasteiger partial charge in [-0.25, -0.2) is 9.69 Å². The number of hydrogen-bond acceptors (Lipinski definition) is 5. The van der Waals surface area contributed by atoms with Gasteiger partial charge in [-0.1, -0.05) is 6.42 Å². The number of carbonyl (C=O) groups excluding carboxylic acids is 3. The number of ether oxygens (including phenoxy) is 1. The van der Waals surface area contributed by atoms with Gasteiger partial charge in [-0.05, 0) is 50.2 Å². The first-order valence-corrected chi connectivity index (χ1v) is 7.91. The average molecular weight is 316 g/mol. The summed E-state index contributed by atoms with van der Waals surface area (Å²) in [7, 11) is 1.31. The van der Waals surface area contributed by atoms with E-state index in [0.29, 0.717) is 11.3 Å². The second kappa shape index (κ2) is 6.50. The van der Waals surface area contributed by atoms with Crippen molar-refractivity contribution in [3.8, 4) is 0 Å². The Bertz CT molecular complexity index is 620. The number of benzene rings is 1. The van der Waals surface area contributed by atoms with Crippen molar-refractivity contribution in [2.45, 2.75) is 31.7 Å². The van der Waals surface area contributed by atoms with Gasteiger partial charge in [0.05, 0.1) is 30.8 Å². The highest BCUT2D eigenvalue weighted by atomic mass is 16.5. The lowest BCUT2D eigenvalue weighted by molar-refractivity contribution is -0.123. The maximum absolute atomic E-state index is 12.7. The molecule has 2 heterocycles. The van der Waals surface area contributed by atoms with Crippen molar-refractivity contribution in [2.24, 2.45) is 0 Å². The third-order valence-electron chi connectivity index (χ3n) is 4.50. The number of rotatable bonds is 3. The van der Waals surface area contributed by atoms with Gasteiger partial charge in [0.1, 0.15) is 0 Å². The van der Waals surface area contributed by atoms with Crippen LogP contribution in [0.15, 0.2) is 24.3 Å². The second-order valence-electron chi connectivity index (χ2n) is 5.92. The van der Waals surface area contributed by atoms with E-state index >= 15 is 0 Å². The quantitative estimate of drug-likeness (QED) is 0.626. The Labute approximate surface area is 135 Å². The molecule has 23 heavy (non-hydrogen) atoms. The summed E-state index contributed by atoms with van der Waals surface area (Å²) in [6, 6.07) is 6.01. The zero-order valence-electron chi connectivity index (χ0n) is 13.2. The first kappa shape index (κ1) is 15.7. The first-order chi connectivity index (χ1) is 11.1. The molecule has 0 bridgehead atoms. The number of nitrogens with zero attached hydrogens (tertiary/aromatic N) is 2. The van der Waals surface area contributed by atoms with Crippen molar-refractivity contribution < 1.29 is 19.1 Å². The number of amides is 2. The highest BCUT2D eigenvalue weighted by Crippen LogP contribution is 2.27. The molecule has 2 aliphatic heterocycles. The van der Waals surface area contributed by atoms with Crippen LogP contribution in [-0.4, -0.2) is 48.9 Å². The highest BCUT2D eigenvalue weighted by molar-refractivity contribution is 6.22. The molecule has 3 rings (SSSR count). The lowest BCUT2D eigenvalue weighted by atomic mass is 10.1. The van der Waals surface area contributed by atoms with Crippen LogP contribution in [0.1, 0.15) is 36.0 Å². The van der Waals surface area contributed by atoms with Crippen molar-refractivity contribution in [3.05, 3.63) is 29.8 Å². The number of piperidine rings is 1. The van der Waals surface area contributed by atoms with E-state index in [2.05, 4.69) is 9.64 Å². The summed E-state index contributed by atoms with van der Waals surface area (Å²) in [6.45, 7) is 1.75. The summed E-state index contributed by atoms with van der Waals surface area (Å²) >= 11 is 0. The van der Waals surface area contributed by atoms with Crippen LogP contribution in [0.2, 0.25) is 0 Å². The third kappa shape index (κ3) is 2.99. The normalized spacial score (nSPS) is 22.5. The average Bonchev–Trinajstić information content (AvgIpc) is 2.89. The first-order valence-electron chi connectivity index (χ1n) is 7.91. The molecule has 6 nitrogen and oxygen atoms in total. The molecule has 1 unspecified atom stereocenters. The number of esters is 1. The van der Waals surface area contributed by atoms with Crippen molar-refractivity contribution in [1.82, 2.24) is 4.90 Å². The predicted octanol–water partition coefficient (Wildman–Crippen LogP) is 1.59. The molecule has 2 amide bonds. The Hall–Kier alpha value is -2.21. The number of hydrogen-bond donors (Lipinski definition) is 0. The molecule has 1 aromatic rings. The van der Waals surface area contributed by atoms with E-state index < -0.39 is 5.97 Å². The van der Waals surface area contributed by atoms with Crippen molar-refractivity contribution in [2.75, 3.05) is 25.1 Å². The van der Waals surface area contributed by atoms with Gasteiger partial charge in [0.2, 0.25) is 5.91 Å². The fourth-order valence-corrected chi connectivity index (χ4v) is 3.27. The molecule has 6 heteroatoms.